The van der Waals surface area contributed by atoms with Crippen LogP contribution in [-0.4, -0.2) is 47.8 Å². The minimum atomic E-state index is 0. The molecule has 0 saturated carbocycles. The van der Waals surface area contributed by atoms with Gasteiger partial charge in [0.2, 0.25) is 0 Å². The molecular formula is C15H21IN4S2. The van der Waals surface area contributed by atoms with Crippen LogP contribution in [0.4, 0.5) is 0 Å². The van der Waals surface area contributed by atoms with Crippen LogP contribution >= 0.6 is 47.5 Å². The van der Waals surface area contributed by atoms with Crippen LogP contribution in [0.25, 0.3) is 0 Å². The van der Waals surface area contributed by atoms with Crippen LogP contribution in [0.1, 0.15) is 11.1 Å². The van der Waals surface area contributed by atoms with Gasteiger partial charge in [0.05, 0.1) is 18.2 Å². The van der Waals surface area contributed by atoms with Crippen molar-refractivity contribution in [2.45, 2.75) is 5.75 Å². The van der Waals surface area contributed by atoms with E-state index in [4.69, 9.17) is 11.0 Å². The van der Waals surface area contributed by atoms with E-state index in [-0.39, 0.29) is 24.0 Å². The van der Waals surface area contributed by atoms with Crippen LogP contribution in [0.5, 0.6) is 0 Å². The molecule has 0 amide bonds. The zero-order valence-corrected chi connectivity index (χ0v) is 16.4. The van der Waals surface area contributed by atoms with Crippen molar-refractivity contribution in [2.75, 3.05) is 36.9 Å². The van der Waals surface area contributed by atoms with E-state index in [0.29, 0.717) is 5.96 Å². The smallest absolute Gasteiger partial charge is 0.191 e. The topological polar surface area (TPSA) is 65.4 Å². The van der Waals surface area contributed by atoms with Crippen molar-refractivity contribution in [2.24, 2.45) is 10.7 Å². The Hall–Kier alpha value is -0.590. The van der Waals surface area contributed by atoms with E-state index in [1.807, 2.05) is 36.0 Å². The summed E-state index contributed by atoms with van der Waals surface area (Å²) in [4.78, 5) is 6.61. The quantitative estimate of drug-likeness (QED) is 0.325. The van der Waals surface area contributed by atoms with E-state index >= 15 is 0 Å². The fourth-order valence-corrected chi connectivity index (χ4v) is 3.79. The maximum absolute atomic E-state index is 9.03. The third-order valence-corrected chi connectivity index (χ3v) is 5.17. The lowest BCUT2D eigenvalue weighted by Crippen LogP contribution is -2.42. The second-order valence-corrected chi connectivity index (χ2v) is 6.99. The first-order valence-corrected chi connectivity index (χ1v) is 9.30. The van der Waals surface area contributed by atoms with Gasteiger partial charge in [-0.3, -0.25) is 4.99 Å². The Morgan fingerprint density at radius 3 is 2.82 bits per heavy atom. The predicted octanol–water partition coefficient (Wildman–Crippen LogP) is 2.77. The van der Waals surface area contributed by atoms with Crippen LogP contribution in [-0.2, 0) is 5.75 Å². The van der Waals surface area contributed by atoms with Gasteiger partial charge in [-0.2, -0.15) is 28.8 Å². The Bertz CT molecular complexity index is 525. The molecule has 1 saturated heterocycles. The number of nitriles is 1. The van der Waals surface area contributed by atoms with Gasteiger partial charge in [0.1, 0.15) is 0 Å². The zero-order valence-electron chi connectivity index (χ0n) is 12.4. The summed E-state index contributed by atoms with van der Waals surface area (Å²) < 4.78 is 0. The van der Waals surface area contributed by atoms with Crippen LogP contribution in [0.2, 0.25) is 0 Å². The Morgan fingerprint density at radius 2 is 2.09 bits per heavy atom. The van der Waals surface area contributed by atoms with Crippen molar-refractivity contribution < 1.29 is 0 Å². The molecule has 7 heteroatoms. The number of guanidine groups is 1. The number of hydrogen-bond donors (Lipinski definition) is 1. The number of halogens is 1. The van der Waals surface area contributed by atoms with Crippen molar-refractivity contribution in [3.63, 3.8) is 0 Å². The molecule has 1 fully saturated rings. The van der Waals surface area contributed by atoms with E-state index in [0.717, 1.165) is 53.8 Å². The number of benzene rings is 1. The summed E-state index contributed by atoms with van der Waals surface area (Å²) >= 11 is 3.75. The van der Waals surface area contributed by atoms with Crippen LogP contribution in [0, 0.1) is 11.3 Å². The normalized spacial score (nSPS) is 15.0. The highest BCUT2D eigenvalue weighted by Gasteiger charge is 2.11. The number of rotatable bonds is 5. The third-order valence-electron chi connectivity index (χ3n) is 3.24. The molecule has 0 atom stereocenters. The van der Waals surface area contributed by atoms with Crippen molar-refractivity contribution in [3.8, 4) is 6.07 Å². The standard InChI is InChI=1S/C15H20N4S2.HI/c16-11-13-3-1-2-4-14(13)12-21-8-5-18-15(17)19-6-9-20-10-7-19;/h1-4H,5-10,12H2,(H2,17,18);1H. The Morgan fingerprint density at radius 1 is 1.36 bits per heavy atom. The maximum atomic E-state index is 9.03. The molecule has 0 radical (unpaired) electrons. The van der Waals surface area contributed by atoms with Crippen LogP contribution in [0.15, 0.2) is 29.3 Å². The van der Waals surface area contributed by atoms with E-state index < -0.39 is 0 Å². The van der Waals surface area contributed by atoms with Gasteiger partial charge in [0.15, 0.2) is 5.96 Å². The first-order chi connectivity index (χ1) is 10.3. The lowest BCUT2D eigenvalue weighted by molar-refractivity contribution is 0.456. The monoisotopic (exact) mass is 448 g/mol. The van der Waals surface area contributed by atoms with E-state index in [1.165, 1.54) is 0 Å². The lowest BCUT2D eigenvalue weighted by atomic mass is 10.1. The van der Waals surface area contributed by atoms with Crippen molar-refractivity contribution in [1.29, 1.82) is 5.26 Å². The predicted molar refractivity (Wildman–Crippen MR) is 108 cm³/mol. The average Bonchev–Trinajstić information content (AvgIpc) is 2.55. The summed E-state index contributed by atoms with van der Waals surface area (Å²) in [6.07, 6.45) is 0. The molecule has 2 rings (SSSR count). The van der Waals surface area contributed by atoms with Crippen molar-refractivity contribution in [1.82, 2.24) is 4.90 Å². The van der Waals surface area contributed by atoms with E-state index in [9.17, 15) is 0 Å². The summed E-state index contributed by atoms with van der Waals surface area (Å²) in [5.41, 5.74) is 7.86. The fraction of sp³-hybridized carbons (Fsp3) is 0.467. The molecule has 1 aromatic carbocycles. The molecule has 0 bridgehead atoms. The zero-order chi connectivity index (χ0) is 14.9. The second-order valence-electron chi connectivity index (χ2n) is 4.66. The Kier molecular flexibility index (Phi) is 9.75. The lowest BCUT2D eigenvalue weighted by Gasteiger charge is -2.27. The molecule has 120 valence electrons. The van der Waals surface area contributed by atoms with Gasteiger partial charge < -0.3 is 10.6 Å². The third kappa shape index (κ3) is 6.26. The fourth-order valence-electron chi connectivity index (χ4n) is 2.05. The van der Waals surface area contributed by atoms with Gasteiger partial charge in [0, 0.05) is 36.1 Å². The number of nitrogens with zero attached hydrogens (tertiary/aromatic N) is 3. The number of nitrogens with two attached hydrogens (primary N) is 1. The number of hydrogen-bond acceptors (Lipinski definition) is 4. The first-order valence-electron chi connectivity index (χ1n) is 6.99. The molecule has 22 heavy (non-hydrogen) atoms. The molecule has 1 aliphatic rings. The minimum Gasteiger partial charge on any atom is -0.370 e. The van der Waals surface area contributed by atoms with Gasteiger partial charge in [-0.1, -0.05) is 18.2 Å². The van der Waals surface area contributed by atoms with Crippen LogP contribution < -0.4 is 5.73 Å². The minimum absolute atomic E-state index is 0. The molecule has 1 heterocycles. The first kappa shape index (κ1) is 19.5. The summed E-state index contributed by atoms with van der Waals surface area (Å²) in [7, 11) is 0. The van der Waals surface area contributed by atoms with Crippen molar-refractivity contribution in [3.05, 3.63) is 35.4 Å². The molecule has 1 aromatic rings. The molecule has 4 nitrogen and oxygen atoms in total. The molecule has 1 aliphatic heterocycles. The second kappa shape index (κ2) is 11.0. The highest BCUT2D eigenvalue weighted by Crippen LogP contribution is 2.15. The molecule has 0 aromatic heterocycles. The van der Waals surface area contributed by atoms with Gasteiger partial charge in [-0.15, -0.1) is 24.0 Å². The molecule has 0 aliphatic carbocycles. The van der Waals surface area contributed by atoms with Gasteiger partial charge >= 0.3 is 0 Å². The summed E-state index contributed by atoms with van der Waals surface area (Å²) in [5, 5.41) is 9.03. The molecular weight excluding hydrogens is 427 g/mol. The van der Waals surface area contributed by atoms with Crippen molar-refractivity contribution >= 4 is 53.5 Å². The average molecular weight is 448 g/mol. The number of aliphatic imine (C=N–C) groups is 1. The van der Waals surface area contributed by atoms with Gasteiger partial charge in [-0.05, 0) is 11.6 Å². The van der Waals surface area contributed by atoms with E-state index in [1.54, 1.807) is 11.8 Å². The largest absolute Gasteiger partial charge is 0.370 e. The Labute approximate surface area is 157 Å². The Balaban J connectivity index is 0.00000242. The SMILES string of the molecule is I.N#Cc1ccccc1CSCCN=C(N)N1CCSCC1. The summed E-state index contributed by atoms with van der Waals surface area (Å²) in [6, 6.07) is 9.97. The summed E-state index contributed by atoms with van der Waals surface area (Å²) in [6.45, 7) is 2.74. The summed E-state index contributed by atoms with van der Waals surface area (Å²) in [5.74, 6) is 4.71. The highest BCUT2D eigenvalue weighted by molar-refractivity contribution is 14.0. The van der Waals surface area contributed by atoms with Gasteiger partial charge in [-0.25, -0.2) is 0 Å². The molecule has 0 unspecified atom stereocenters. The van der Waals surface area contributed by atoms with E-state index in [2.05, 4.69) is 16.0 Å². The van der Waals surface area contributed by atoms with Crippen LogP contribution in [0.3, 0.4) is 0 Å². The maximum Gasteiger partial charge on any atom is 0.191 e. The highest BCUT2D eigenvalue weighted by atomic mass is 127. The number of thioether (sulfide) groups is 2. The van der Waals surface area contributed by atoms with Gasteiger partial charge in [0.25, 0.3) is 0 Å². The molecule has 2 N–H and O–H groups in total. The molecule has 0 spiro atoms.